The van der Waals surface area contributed by atoms with Gasteiger partial charge in [-0.25, -0.2) is 21.9 Å². The van der Waals surface area contributed by atoms with E-state index < -0.39 is 26.6 Å². The van der Waals surface area contributed by atoms with Gasteiger partial charge in [0.2, 0.25) is 10.0 Å². The molecule has 1 aromatic rings. The average molecular weight is 420 g/mol. The molecule has 22 heavy (non-hydrogen) atoms. The van der Waals surface area contributed by atoms with E-state index in [-0.39, 0.29) is 28.8 Å². The van der Waals surface area contributed by atoms with Crippen LogP contribution >= 0.6 is 28.3 Å². The largest absolute Gasteiger partial charge is 0.330 e. The highest BCUT2D eigenvalue weighted by Gasteiger charge is 2.30. The summed E-state index contributed by atoms with van der Waals surface area (Å²) in [6.45, 7) is 0.378. The fourth-order valence-corrected chi connectivity index (χ4v) is 4.54. The molecule has 1 saturated carbocycles. The maximum Gasteiger partial charge on any atom is 0.243 e. The predicted octanol–water partition coefficient (Wildman–Crippen LogP) is 2.94. The number of hydrogen-bond donors (Lipinski definition) is 2. The van der Waals surface area contributed by atoms with Gasteiger partial charge in [-0.3, -0.25) is 0 Å². The van der Waals surface area contributed by atoms with Gasteiger partial charge in [-0.15, -0.1) is 12.4 Å². The third-order valence-corrected chi connectivity index (χ3v) is 5.90. The van der Waals surface area contributed by atoms with Gasteiger partial charge in [0.05, 0.1) is 4.47 Å². The van der Waals surface area contributed by atoms with Crippen LogP contribution in [0.25, 0.3) is 0 Å². The molecule has 4 nitrogen and oxygen atoms in total. The van der Waals surface area contributed by atoms with Gasteiger partial charge in [0, 0.05) is 12.1 Å². The number of sulfonamides is 1. The van der Waals surface area contributed by atoms with Gasteiger partial charge in [0.15, 0.2) is 0 Å². The van der Waals surface area contributed by atoms with Gasteiger partial charge in [0.25, 0.3) is 0 Å². The van der Waals surface area contributed by atoms with Gasteiger partial charge in [-0.2, -0.15) is 0 Å². The minimum atomic E-state index is -4.05. The minimum absolute atomic E-state index is 0. The van der Waals surface area contributed by atoms with Crippen molar-refractivity contribution in [1.29, 1.82) is 0 Å². The van der Waals surface area contributed by atoms with Crippen molar-refractivity contribution in [2.24, 2.45) is 11.7 Å². The molecule has 0 saturated heterocycles. The van der Waals surface area contributed by atoms with Gasteiger partial charge >= 0.3 is 0 Å². The first-order valence-electron chi connectivity index (χ1n) is 6.72. The van der Waals surface area contributed by atoms with E-state index in [1.165, 1.54) is 0 Å². The van der Waals surface area contributed by atoms with Crippen LogP contribution < -0.4 is 10.5 Å². The quantitative estimate of drug-likeness (QED) is 0.737. The first kappa shape index (κ1) is 19.8. The number of nitrogens with one attached hydrogen (secondary N) is 1. The Morgan fingerprint density at radius 2 is 1.86 bits per heavy atom. The number of rotatable bonds is 4. The normalized spacial score (nSPS) is 22.2. The maximum atomic E-state index is 13.8. The molecule has 0 heterocycles. The third kappa shape index (κ3) is 4.38. The molecule has 0 spiro atoms. The zero-order valence-electron chi connectivity index (χ0n) is 11.7. The number of hydrogen-bond acceptors (Lipinski definition) is 3. The maximum absolute atomic E-state index is 13.8. The molecule has 0 aromatic heterocycles. The number of halogens is 4. The van der Waals surface area contributed by atoms with E-state index in [9.17, 15) is 17.2 Å². The van der Waals surface area contributed by atoms with Gasteiger partial charge in [-0.1, -0.05) is 12.8 Å². The number of nitrogens with two attached hydrogens (primary N) is 1. The second-order valence-corrected chi connectivity index (χ2v) is 7.74. The Bertz CT molecular complexity index is 631. The molecule has 1 aliphatic carbocycles. The Morgan fingerprint density at radius 1 is 1.23 bits per heavy atom. The van der Waals surface area contributed by atoms with Crippen molar-refractivity contribution in [2.75, 3.05) is 6.54 Å². The topological polar surface area (TPSA) is 72.2 Å². The highest BCUT2D eigenvalue weighted by atomic mass is 79.9. The van der Waals surface area contributed by atoms with Crippen LogP contribution in [-0.2, 0) is 10.0 Å². The highest BCUT2D eigenvalue weighted by Crippen LogP contribution is 2.27. The van der Waals surface area contributed by atoms with Crippen molar-refractivity contribution < 1.29 is 17.2 Å². The standard InChI is InChI=1S/C13H17BrF2N2O2S.ClH/c14-9-5-13(11(16)6-10(9)15)21(19,20)18-12-4-2-1-3-8(12)7-17;/h5-6,8,12,18H,1-4,7,17H2;1H. The van der Waals surface area contributed by atoms with E-state index in [2.05, 4.69) is 20.7 Å². The van der Waals surface area contributed by atoms with Gasteiger partial charge in [-0.05, 0) is 47.3 Å². The smallest absolute Gasteiger partial charge is 0.243 e. The summed E-state index contributed by atoms with van der Waals surface area (Å²) in [5.74, 6) is -1.91. The molecular formula is C13H18BrClF2N2O2S. The molecule has 0 radical (unpaired) electrons. The summed E-state index contributed by atoms with van der Waals surface area (Å²) < 4.78 is 54.0. The molecule has 2 rings (SSSR count). The highest BCUT2D eigenvalue weighted by molar-refractivity contribution is 9.10. The van der Waals surface area contributed by atoms with Crippen molar-refractivity contribution in [1.82, 2.24) is 4.72 Å². The molecule has 2 unspecified atom stereocenters. The first-order valence-corrected chi connectivity index (χ1v) is 8.99. The molecule has 2 atom stereocenters. The van der Waals surface area contributed by atoms with E-state index in [1.54, 1.807) is 0 Å². The fraction of sp³-hybridized carbons (Fsp3) is 0.538. The van der Waals surface area contributed by atoms with Crippen LogP contribution in [0, 0.1) is 17.6 Å². The molecular weight excluding hydrogens is 402 g/mol. The Kier molecular flexibility index (Phi) is 7.20. The molecule has 1 aliphatic rings. The Balaban J connectivity index is 0.00000242. The zero-order chi connectivity index (χ0) is 15.6. The molecule has 0 aliphatic heterocycles. The van der Waals surface area contributed by atoms with Crippen LogP contribution in [0.5, 0.6) is 0 Å². The van der Waals surface area contributed by atoms with Crippen molar-refractivity contribution in [3.05, 3.63) is 28.2 Å². The van der Waals surface area contributed by atoms with Crippen LogP contribution in [0.15, 0.2) is 21.5 Å². The summed E-state index contributed by atoms with van der Waals surface area (Å²) >= 11 is 2.87. The average Bonchev–Trinajstić information content (AvgIpc) is 2.43. The second kappa shape index (κ2) is 8.01. The molecule has 0 amide bonds. The Morgan fingerprint density at radius 3 is 2.50 bits per heavy atom. The number of benzene rings is 1. The summed E-state index contributed by atoms with van der Waals surface area (Å²) in [4.78, 5) is -0.558. The van der Waals surface area contributed by atoms with Gasteiger partial charge < -0.3 is 5.73 Å². The molecule has 1 fully saturated rings. The van der Waals surface area contributed by atoms with E-state index in [1.807, 2.05) is 0 Å². The monoisotopic (exact) mass is 418 g/mol. The van der Waals surface area contributed by atoms with Crippen LogP contribution in [0.3, 0.4) is 0 Å². The third-order valence-electron chi connectivity index (χ3n) is 3.78. The van der Waals surface area contributed by atoms with Crippen molar-refractivity contribution in [3.63, 3.8) is 0 Å². The van der Waals surface area contributed by atoms with E-state index >= 15 is 0 Å². The summed E-state index contributed by atoms with van der Waals surface area (Å²) in [5, 5.41) is 0. The first-order chi connectivity index (χ1) is 9.85. The molecule has 3 N–H and O–H groups in total. The minimum Gasteiger partial charge on any atom is -0.330 e. The van der Waals surface area contributed by atoms with Crippen molar-refractivity contribution >= 4 is 38.4 Å². The fourth-order valence-electron chi connectivity index (χ4n) is 2.62. The molecule has 0 bridgehead atoms. The second-order valence-electron chi connectivity index (χ2n) is 5.20. The lowest BCUT2D eigenvalue weighted by Crippen LogP contribution is -2.44. The van der Waals surface area contributed by atoms with Crippen molar-refractivity contribution in [2.45, 2.75) is 36.6 Å². The zero-order valence-corrected chi connectivity index (χ0v) is 14.9. The van der Waals surface area contributed by atoms with Crippen LogP contribution in [0.2, 0.25) is 0 Å². The summed E-state index contributed by atoms with van der Waals surface area (Å²) in [6, 6.07) is 1.18. The van der Waals surface area contributed by atoms with Crippen LogP contribution in [0.1, 0.15) is 25.7 Å². The van der Waals surface area contributed by atoms with Crippen LogP contribution in [-0.4, -0.2) is 21.0 Å². The summed E-state index contributed by atoms with van der Waals surface area (Å²) in [6.07, 6.45) is 3.43. The predicted molar refractivity (Wildman–Crippen MR) is 86.4 cm³/mol. The Hall–Kier alpha value is -0.280. The molecule has 9 heteroatoms. The van der Waals surface area contributed by atoms with E-state index in [4.69, 9.17) is 5.73 Å². The lowest BCUT2D eigenvalue weighted by Gasteiger charge is -2.31. The van der Waals surface area contributed by atoms with Crippen LogP contribution in [0.4, 0.5) is 8.78 Å². The molecule has 1 aromatic carbocycles. The molecule has 126 valence electrons. The van der Waals surface area contributed by atoms with E-state index in [0.29, 0.717) is 19.0 Å². The van der Waals surface area contributed by atoms with E-state index in [0.717, 1.165) is 25.3 Å². The lowest BCUT2D eigenvalue weighted by atomic mass is 9.85. The Labute approximate surface area is 143 Å². The van der Waals surface area contributed by atoms with Crippen molar-refractivity contribution in [3.8, 4) is 0 Å². The summed E-state index contributed by atoms with van der Waals surface area (Å²) in [7, 11) is -4.05. The lowest BCUT2D eigenvalue weighted by molar-refractivity contribution is 0.296. The SMILES string of the molecule is Cl.NCC1CCCCC1NS(=O)(=O)c1cc(Br)c(F)cc1F. The van der Waals surface area contributed by atoms with Gasteiger partial charge in [0.1, 0.15) is 16.5 Å². The summed E-state index contributed by atoms with van der Waals surface area (Å²) in [5.41, 5.74) is 5.66.